The summed E-state index contributed by atoms with van der Waals surface area (Å²) in [6, 6.07) is -0.120. The molecule has 0 bridgehead atoms. The van der Waals surface area contributed by atoms with Crippen LogP contribution in [0.25, 0.3) is 0 Å². The molecular formula is C11H25BrN2O2S. The van der Waals surface area contributed by atoms with Crippen molar-refractivity contribution in [2.75, 3.05) is 12.4 Å². The first kappa shape index (κ1) is 17.4. The summed E-state index contributed by atoms with van der Waals surface area (Å²) in [4.78, 5) is 0. The van der Waals surface area contributed by atoms with Crippen LogP contribution in [0, 0.1) is 5.41 Å². The molecule has 1 N–H and O–H groups in total. The highest BCUT2D eigenvalue weighted by molar-refractivity contribution is 9.09. The summed E-state index contributed by atoms with van der Waals surface area (Å²) in [7, 11) is -1.80. The number of hydrogen-bond donors (Lipinski definition) is 1. The lowest BCUT2D eigenvalue weighted by molar-refractivity contribution is 0.284. The van der Waals surface area contributed by atoms with Crippen LogP contribution in [0.2, 0.25) is 0 Å². The Hall–Kier alpha value is 0.350. The monoisotopic (exact) mass is 328 g/mol. The van der Waals surface area contributed by atoms with Gasteiger partial charge >= 0.3 is 0 Å². The molecule has 0 aromatic rings. The maximum Gasteiger partial charge on any atom is 0.279 e. The molecule has 0 aliphatic heterocycles. The van der Waals surface area contributed by atoms with Crippen LogP contribution in [0.4, 0.5) is 0 Å². The van der Waals surface area contributed by atoms with Gasteiger partial charge in [0, 0.05) is 24.5 Å². The molecule has 0 spiro atoms. The van der Waals surface area contributed by atoms with Gasteiger partial charge in [-0.15, -0.1) is 0 Å². The van der Waals surface area contributed by atoms with Gasteiger partial charge < -0.3 is 0 Å². The van der Waals surface area contributed by atoms with Gasteiger partial charge in [-0.05, 0) is 25.7 Å². The summed E-state index contributed by atoms with van der Waals surface area (Å²) in [6.07, 6.45) is 0.772. The topological polar surface area (TPSA) is 49.4 Å². The van der Waals surface area contributed by atoms with Crippen molar-refractivity contribution in [3.63, 3.8) is 0 Å². The highest BCUT2D eigenvalue weighted by Gasteiger charge is 2.30. The fraction of sp³-hybridized carbons (Fsp3) is 1.00. The summed E-state index contributed by atoms with van der Waals surface area (Å²) in [5, 5.41) is 0.781. The van der Waals surface area contributed by atoms with E-state index in [9.17, 15) is 8.42 Å². The van der Waals surface area contributed by atoms with E-state index in [1.807, 2.05) is 34.6 Å². The van der Waals surface area contributed by atoms with E-state index < -0.39 is 10.2 Å². The lowest BCUT2D eigenvalue weighted by atomic mass is 9.86. The van der Waals surface area contributed by atoms with Crippen LogP contribution < -0.4 is 4.72 Å². The van der Waals surface area contributed by atoms with E-state index >= 15 is 0 Å². The largest absolute Gasteiger partial charge is 0.279 e. The highest BCUT2D eigenvalue weighted by Crippen LogP contribution is 2.23. The van der Waals surface area contributed by atoms with Gasteiger partial charge in [0.15, 0.2) is 0 Å². The fourth-order valence-electron chi connectivity index (χ4n) is 1.32. The van der Waals surface area contributed by atoms with E-state index in [1.165, 1.54) is 4.31 Å². The Kier molecular flexibility index (Phi) is 6.63. The first-order valence-electron chi connectivity index (χ1n) is 5.83. The third kappa shape index (κ3) is 5.68. The van der Waals surface area contributed by atoms with Gasteiger partial charge in [-0.3, -0.25) is 0 Å². The third-order valence-corrected chi connectivity index (χ3v) is 5.06. The molecule has 0 saturated carbocycles. The zero-order valence-electron chi connectivity index (χ0n) is 11.6. The molecule has 4 nitrogen and oxygen atoms in total. The van der Waals surface area contributed by atoms with Gasteiger partial charge in [0.2, 0.25) is 0 Å². The summed E-state index contributed by atoms with van der Waals surface area (Å²) in [5.41, 5.74) is -0.0986. The van der Waals surface area contributed by atoms with Gasteiger partial charge in [-0.25, -0.2) is 0 Å². The summed E-state index contributed by atoms with van der Waals surface area (Å²) < 4.78 is 28.4. The second kappa shape index (κ2) is 6.50. The third-order valence-electron chi connectivity index (χ3n) is 2.84. The second-order valence-corrected chi connectivity index (χ2v) is 8.18. The van der Waals surface area contributed by atoms with Crippen molar-refractivity contribution in [1.29, 1.82) is 0 Å². The van der Waals surface area contributed by atoms with Crippen LogP contribution in [-0.2, 0) is 10.2 Å². The number of nitrogens with one attached hydrogen (secondary N) is 1. The van der Waals surface area contributed by atoms with E-state index in [0.29, 0.717) is 0 Å². The molecule has 104 valence electrons. The van der Waals surface area contributed by atoms with Gasteiger partial charge in [0.25, 0.3) is 10.2 Å². The lowest BCUT2D eigenvalue weighted by Crippen LogP contribution is -2.50. The van der Waals surface area contributed by atoms with Gasteiger partial charge in [0.1, 0.15) is 0 Å². The Balaban J connectivity index is 4.89. The van der Waals surface area contributed by atoms with Crippen molar-refractivity contribution in [1.82, 2.24) is 9.03 Å². The van der Waals surface area contributed by atoms with E-state index in [1.54, 1.807) is 7.05 Å². The SMILES string of the molecule is CC(C)N(C)S(=O)(=O)NC(CCBr)C(C)(C)C. The van der Waals surface area contributed by atoms with Crippen LogP contribution >= 0.6 is 15.9 Å². The maximum atomic E-state index is 12.1. The van der Waals surface area contributed by atoms with Crippen molar-refractivity contribution < 1.29 is 8.42 Å². The first-order valence-corrected chi connectivity index (χ1v) is 8.39. The van der Waals surface area contributed by atoms with Crippen LogP contribution in [0.3, 0.4) is 0 Å². The summed E-state index contributed by atoms with van der Waals surface area (Å²) in [5.74, 6) is 0. The normalized spacial score (nSPS) is 15.6. The minimum absolute atomic E-state index is 0.0444. The van der Waals surface area contributed by atoms with Crippen molar-refractivity contribution in [3.05, 3.63) is 0 Å². The van der Waals surface area contributed by atoms with Gasteiger partial charge in [-0.1, -0.05) is 36.7 Å². The molecule has 17 heavy (non-hydrogen) atoms. The second-order valence-electron chi connectivity index (χ2n) is 5.63. The zero-order valence-corrected chi connectivity index (χ0v) is 14.0. The van der Waals surface area contributed by atoms with E-state index in [-0.39, 0.29) is 17.5 Å². The quantitative estimate of drug-likeness (QED) is 0.761. The number of alkyl halides is 1. The van der Waals surface area contributed by atoms with Crippen LogP contribution in [0.1, 0.15) is 41.0 Å². The van der Waals surface area contributed by atoms with Crippen molar-refractivity contribution in [2.45, 2.75) is 53.1 Å². The smallest absolute Gasteiger partial charge is 0.198 e. The predicted octanol–water partition coefficient (Wildman–Crippen LogP) is 2.36. The Morgan fingerprint density at radius 3 is 2.06 bits per heavy atom. The van der Waals surface area contributed by atoms with Gasteiger partial charge in [-0.2, -0.15) is 17.4 Å². The molecule has 0 rings (SSSR count). The van der Waals surface area contributed by atoms with Crippen LogP contribution in [0.5, 0.6) is 0 Å². The fourth-order valence-corrected chi connectivity index (χ4v) is 3.33. The Bertz CT molecular complexity index is 323. The molecule has 0 saturated heterocycles. The minimum atomic E-state index is -3.40. The minimum Gasteiger partial charge on any atom is -0.198 e. The molecule has 0 fully saturated rings. The zero-order chi connectivity index (χ0) is 13.9. The molecule has 1 unspecified atom stereocenters. The summed E-state index contributed by atoms with van der Waals surface area (Å²) in [6.45, 7) is 9.83. The molecule has 0 aliphatic rings. The van der Waals surface area contributed by atoms with Crippen molar-refractivity contribution in [3.8, 4) is 0 Å². The molecule has 0 amide bonds. The molecule has 0 aliphatic carbocycles. The van der Waals surface area contributed by atoms with Gasteiger partial charge in [0.05, 0.1) is 0 Å². The van der Waals surface area contributed by atoms with Crippen molar-refractivity contribution >= 4 is 26.1 Å². The maximum absolute atomic E-state index is 12.1. The lowest BCUT2D eigenvalue weighted by Gasteiger charge is -2.33. The number of halogens is 1. The Labute approximate surface area is 114 Å². The van der Waals surface area contributed by atoms with Crippen LogP contribution in [-0.4, -0.2) is 37.2 Å². The molecule has 6 heteroatoms. The molecule has 0 aromatic heterocycles. The Morgan fingerprint density at radius 2 is 1.76 bits per heavy atom. The molecule has 0 radical (unpaired) electrons. The van der Waals surface area contributed by atoms with Crippen molar-refractivity contribution in [2.24, 2.45) is 5.41 Å². The Morgan fingerprint density at radius 1 is 1.29 bits per heavy atom. The molecule has 0 heterocycles. The standard InChI is InChI=1S/C11H25BrN2O2S/c1-9(2)14(6)17(15,16)13-10(7-8-12)11(3,4)5/h9-10,13H,7-8H2,1-6H3. The number of rotatable bonds is 6. The molecule has 1 atom stereocenters. The van der Waals surface area contributed by atoms with E-state index in [0.717, 1.165) is 11.8 Å². The molecular weight excluding hydrogens is 304 g/mol. The highest BCUT2D eigenvalue weighted by atomic mass is 79.9. The molecule has 0 aromatic carbocycles. The average Bonchev–Trinajstić information content (AvgIpc) is 2.14. The van der Waals surface area contributed by atoms with Crippen LogP contribution in [0.15, 0.2) is 0 Å². The number of hydrogen-bond acceptors (Lipinski definition) is 2. The number of nitrogens with zero attached hydrogens (tertiary/aromatic N) is 1. The van der Waals surface area contributed by atoms with E-state index in [4.69, 9.17) is 0 Å². The summed E-state index contributed by atoms with van der Waals surface area (Å²) >= 11 is 3.37. The predicted molar refractivity (Wildman–Crippen MR) is 76.6 cm³/mol. The average molecular weight is 329 g/mol. The van der Waals surface area contributed by atoms with E-state index in [2.05, 4.69) is 20.7 Å². The first-order chi connectivity index (χ1) is 7.52.